The average Bonchev–Trinajstić information content (AvgIpc) is 2.39. The highest BCUT2D eigenvalue weighted by atomic mass is 32.2. The normalized spacial score (nSPS) is 13.4. The van der Waals surface area contributed by atoms with Gasteiger partial charge in [-0.25, -0.2) is 4.79 Å². The van der Waals surface area contributed by atoms with Gasteiger partial charge < -0.3 is 21.5 Å². The molecular formula is C10H19N3O4S2. The lowest BCUT2D eigenvalue weighted by Gasteiger charge is -2.19. The van der Waals surface area contributed by atoms with E-state index >= 15 is 0 Å². The van der Waals surface area contributed by atoms with Crippen molar-refractivity contribution in [2.24, 2.45) is 5.73 Å². The molecule has 0 aliphatic heterocycles. The number of thioether (sulfide) groups is 1. The highest BCUT2D eigenvalue weighted by molar-refractivity contribution is 7.98. The van der Waals surface area contributed by atoms with Gasteiger partial charge in [-0.2, -0.15) is 24.4 Å². The molecule has 0 spiro atoms. The third-order valence-electron chi connectivity index (χ3n) is 2.24. The number of hydrogen-bond acceptors (Lipinski definition) is 6. The van der Waals surface area contributed by atoms with Gasteiger partial charge in [-0.1, -0.05) is 0 Å². The quantitative estimate of drug-likeness (QED) is 0.337. The van der Waals surface area contributed by atoms with E-state index in [1.54, 1.807) is 0 Å². The molecule has 0 aliphatic carbocycles. The highest BCUT2D eigenvalue weighted by Crippen LogP contribution is 2.02. The van der Waals surface area contributed by atoms with E-state index in [1.165, 1.54) is 11.8 Å². The summed E-state index contributed by atoms with van der Waals surface area (Å²) in [6.07, 6.45) is 2.16. The van der Waals surface area contributed by atoms with E-state index in [0.29, 0.717) is 12.2 Å². The van der Waals surface area contributed by atoms with Crippen LogP contribution in [0.4, 0.5) is 0 Å². The number of nitrogens with one attached hydrogen (secondary N) is 2. The zero-order valence-electron chi connectivity index (χ0n) is 10.6. The van der Waals surface area contributed by atoms with E-state index in [9.17, 15) is 14.4 Å². The molecule has 2 amide bonds. The van der Waals surface area contributed by atoms with E-state index in [4.69, 9.17) is 10.8 Å². The first-order chi connectivity index (χ1) is 8.96. The number of aliphatic carboxylic acids is 1. The number of hydrogen-bond donors (Lipinski definition) is 5. The molecule has 9 heteroatoms. The summed E-state index contributed by atoms with van der Waals surface area (Å²) in [5.41, 5.74) is 5.12. The van der Waals surface area contributed by atoms with Gasteiger partial charge in [0.15, 0.2) is 0 Å². The van der Waals surface area contributed by atoms with Crippen molar-refractivity contribution in [1.29, 1.82) is 0 Å². The standard InChI is InChI=1S/C10H19N3O4S2/c1-19-3-2-6(10(16)17)13-9(15)7(5-18)12-8(14)4-11/h6-7,18H,2-5,11H2,1H3,(H,12,14)(H,13,15)(H,16,17). The maximum Gasteiger partial charge on any atom is 0.326 e. The molecule has 110 valence electrons. The summed E-state index contributed by atoms with van der Waals surface area (Å²) in [5, 5.41) is 13.7. The summed E-state index contributed by atoms with van der Waals surface area (Å²) in [5.74, 6) is -1.51. The lowest BCUT2D eigenvalue weighted by Crippen LogP contribution is -2.53. The molecule has 0 radical (unpaired) electrons. The van der Waals surface area contributed by atoms with Gasteiger partial charge in [-0.15, -0.1) is 0 Å². The maximum absolute atomic E-state index is 11.8. The number of carbonyl (C=O) groups excluding carboxylic acids is 2. The molecule has 2 unspecified atom stereocenters. The molecule has 19 heavy (non-hydrogen) atoms. The summed E-state index contributed by atoms with van der Waals surface area (Å²) >= 11 is 5.43. The number of nitrogens with two attached hydrogens (primary N) is 1. The first kappa shape index (κ1) is 18.1. The molecule has 0 aliphatic rings. The lowest BCUT2D eigenvalue weighted by atomic mass is 10.2. The molecule has 7 nitrogen and oxygen atoms in total. The van der Waals surface area contributed by atoms with Crippen molar-refractivity contribution in [3.8, 4) is 0 Å². The van der Waals surface area contributed by atoms with Gasteiger partial charge >= 0.3 is 5.97 Å². The zero-order chi connectivity index (χ0) is 14.8. The second-order valence-electron chi connectivity index (χ2n) is 3.69. The van der Waals surface area contributed by atoms with Gasteiger partial charge in [0.2, 0.25) is 11.8 Å². The molecule has 0 saturated carbocycles. The Balaban J connectivity index is 4.50. The van der Waals surface area contributed by atoms with Crippen LogP contribution in [0.15, 0.2) is 0 Å². The summed E-state index contributed by atoms with van der Waals surface area (Å²) in [4.78, 5) is 33.9. The maximum atomic E-state index is 11.8. The Bertz CT molecular complexity index is 328. The van der Waals surface area contributed by atoms with E-state index in [-0.39, 0.29) is 12.3 Å². The Kier molecular flexibility index (Phi) is 9.44. The SMILES string of the molecule is CSCCC(NC(=O)C(CS)NC(=O)CN)C(=O)O. The van der Waals surface area contributed by atoms with Crippen molar-refractivity contribution in [2.45, 2.75) is 18.5 Å². The van der Waals surface area contributed by atoms with Crippen LogP contribution in [0.5, 0.6) is 0 Å². The predicted molar refractivity (Wildman–Crippen MR) is 77.4 cm³/mol. The molecule has 0 saturated heterocycles. The molecule has 0 aromatic heterocycles. The van der Waals surface area contributed by atoms with Crippen molar-refractivity contribution in [3.05, 3.63) is 0 Å². The minimum Gasteiger partial charge on any atom is -0.480 e. The summed E-state index contributed by atoms with van der Waals surface area (Å²) in [6.45, 7) is -0.244. The van der Waals surface area contributed by atoms with Gasteiger partial charge in [-0.3, -0.25) is 9.59 Å². The van der Waals surface area contributed by atoms with E-state index in [1.807, 2.05) is 6.26 Å². The molecular weight excluding hydrogens is 290 g/mol. The topological polar surface area (TPSA) is 122 Å². The summed E-state index contributed by atoms with van der Waals surface area (Å²) < 4.78 is 0. The van der Waals surface area contributed by atoms with Crippen LogP contribution in [-0.2, 0) is 14.4 Å². The van der Waals surface area contributed by atoms with Crippen LogP contribution in [0.25, 0.3) is 0 Å². The Morgan fingerprint density at radius 3 is 2.37 bits per heavy atom. The Morgan fingerprint density at radius 1 is 1.32 bits per heavy atom. The molecule has 0 rings (SSSR count). The van der Waals surface area contributed by atoms with Gasteiger partial charge in [-0.05, 0) is 18.4 Å². The highest BCUT2D eigenvalue weighted by Gasteiger charge is 2.25. The molecule has 0 fully saturated rings. The van der Waals surface area contributed by atoms with Gasteiger partial charge in [0.05, 0.1) is 6.54 Å². The van der Waals surface area contributed by atoms with Gasteiger partial charge in [0, 0.05) is 5.75 Å². The first-order valence-electron chi connectivity index (χ1n) is 5.58. The van der Waals surface area contributed by atoms with Crippen molar-refractivity contribution in [3.63, 3.8) is 0 Å². The second kappa shape index (κ2) is 9.93. The van der Waals surface area contributed by atoms with Crippen LogP contribution in [-0.4, -0.2) is 59.3 Å². The largest absolute Gasteiger partial charge is 0.480 e. The molecule has 5 N–H and O–H groups in total. The van der Waals surface area contributed by atoms with E-state index in [2.05, 4.69) is 23.3 Å². The van der Waals surface area contributed by atoms with E-state index in [0.717, 1.165) is 0 Å². The Labute approximate surface area is 121 Å². The van der Waals surface area contributed by atoms with Crippen molar-refractivity contribution >= 4 is 42.2 Å². The van der Waals surface area contributed by atoms with Crippen molar-refractivity contribution in [1.82, 2.24) is 10.6 Å². The number of amides is 2. The van der Waals surface area contributed by atoms with Crippen LogP contribution in [0, 0.1) is 0 Å². The molecule has 2 atom stereocenters. The minimum absolute atomic E-state index is 0.0619. The summed E-state index contributed by atoms with van der Waals surface area (Å²) in [6, 6.07) is -1.87. The number of carboxylic acids is 1. The molecule has 0 heterocycles. The summed E-state index contributed by atoms with van der Waals surface area (Å²) in [7, 11) is 0. The number of rotatable bonds is 9. The fourth-order valence-electron chi connectivity index (χ4n) is 1.21. The van der Waals surface area contributed by atoms with Crippen LogP contribution < -0.4 is 16.4 Å². The number of carbonyl (C=O) groups is 3. The average molecular weight is 309 g/mol. The molecule has 0 aromatic rings. The lowest BCUT2D eigenvalue weighted by molar-refractivity contribution is -0.142. The third-order valence-corrected chi connectivity index (χ3v) is 3.25. The van der Waals surface area contributed by atoms with Crippen LogP contribution in [0.2, 0.25) is 0 Å². The molecule has 0 bridgehead atoms. The number of thiol groups is 1. The number of carboxylic acid groups (broad SMARTS) is 1. The van der Waals surface area contributed by atoms with Crippen molar-refractivity contribution < 1.29 is 19.5 Å². The Morgan fingerprint density at radius 2 is 1.95 bits per heavy atom. The third kappa shape index (κ3) is 7.28. The van der Waals surface area contributed by atoms with E-state index < -0.39 is 29.9 Å². The predicted octanol–water partition coefficient (Wildman–Crippen LogP) is -1.32. The van der Waals surface area contributed by atoms with Gasteiger partial charge in [0.25, 0.3) is 0 Å². The fraction of sp³-hybridized carbons (Fsp3) is 0.700. The smallest absolute Gasteiger partial charge is 0.326 e. The second-order valence-corrected chi connectivity index (χ2v) is 5.04. The zero-order valence-corrected chi connectivity index (χ0v) is 12.3. The minimum atomic E-state index is -1.11. The fourth-order valence-corrected chi connectivity index (χ4v) is 1.94. The molecule has 0 aromatic carbocycles. The van der Waals surface area contributed by atoms with Crippen molar-refractivity contribution in [2.75, 3.05) is 24.3 Å². The van der Waals surface area contributed by atoms with Crippen LogP contribution in [0.3, 0.4) is 0 Å². The van der Waals surface area contributed by atoms with Crippen LogP contribution >= 0.6 is 24.4 Å². The Hall–Kier alpha value is -0.930. The first-order valence-corrected chi connectivity index (χ1v) is 7.61. The van der Waals surface area contributed by atoms with Crippen LogP contribution in [0.1, 0.15) is 6.42 Å². The monoisotopic (exact) mass is 309 g/mol. The van der Waals surface area contributed by atoms with Gasteiger partial charge in [0.1, 0.15) is 12.1 Å².